The van der Waals surface area contributed by atoms with Gasteiger partial charge in [0.05, 0.1) is 24.5 Å². The lowest BCUT2D eigenvalue weighted by atomic mass is 10.1. The Morgan fingerprint density at radius 2 is 1.68 bits per heavy atom. The van der Waals surface area contributed by atoms with Gasteiger partial charge >= 0.3 is 0 Å². The van der Waals surface area contributed by atoms with Crippen LogP contribution < -0.4 is 16.0 Å². The van der Waals surface area contributed by atoms with Gasteiger partial charge in [0.15, 0.2) is 5.82 Å². The predicted molar refractivity (Wildman–Crippen MR) is 125 cm³/mol. The van der Waals surface area contributed by atoms with E-state index in [1.807, 2.05) is 37.3 Å². The van der Waals surface area contributed by atoms with Crippen LogP contribution in [0.4, 0.5) is 14.6 Å². The van der Waals surface area contributed by atoms with Gasteiger partial charge in [-0.3, -0.25) is 14.6 Å². The number of anilines is 1. The number of carbonyl (C=O) groups excluding carboxylic acids is 2. The molecule has 2 aromatic carbocycles. The molecule has 7 nitrogen and oxygen atoms in total. The minimum Gasteiger partial charge on any atom is -0.344 e. The maximum atomic E-state index is 13.4. The molecule has 0 aliphatic rings. The summed E-state index contributed by atoms with van der Waals surface area (Å²) in [7, 11) is 0. The van der Waals surface area contributed by atoms with Crippen molar-refractivity contribution in [1.82, 2.24) is 20.6 Å². The Hall–Kier alpha value is -3.72. The third kappa shape index (κ3) is 8.00. The van der Waals surface area contributed by atoms with Crippen molar-refractivity contribution < 1.29 is 18.4 Å². The molecule has 1 heterocycles. The van der Waals surface area contributed by atoms with Crippen molar-refractivity contribution in [3.8, 4) is 0 Å². The number of aromatic nitrogens is 2. The van der Waals surface area contributed by atoms with Crippen LogP contribution in [0.1, 0.15) is 36.6 Å². The lowest BCUT2D eigenvalue weighted by Gasteiger charge is -2.17. The molecule has 0 radical (unpaired) electrons. The number of nitrogens with one attached hydrogen (secondary N) is 3. The molecule has 34 heavy (non-hydrogen) atoms. The summed E-state index contributed by atoms with van der Waals surface area (Å²) in [6.07, 6.45) is 3.82. The first kappa shape index (κ1) is 24.9. The van der Waals surface area contributed by atoms with Gasteiger partial charge in [-0.15, -0.1) is 0 Å². The molecular formula is C25H27F2N5O2. The maximum Gasteiger partial charge on any atom is 0.248 e. The second-order valence-corrected chi connectivity index (χ2v) is 7.83. The van der Waals surface area contributed by atoms with E-state index < -0.39 is 29.5 Å². The third-order valence-electron chi connectivity index (χ3n) is 4.95. The first-order valence-electron chi connectivity index (χ1n) is 11.0. The van der Waals surface area contributed by atoms with Crippen LogP contribution >= 0.6 is 0 Å². The number of carbonyl (C=O) groups is 2. The smallest absolute Gasteiger partial charge is 0.248 e. The molecule has 0 saturated carbocycles. The fourth-order valence-corrected chi connectivity index (χ4v) is 3.36. The van der Waals surface area contributed by atoms with Crippen molar-refractivity contribution in [2.45, 2.75) is 45.3 Å². The van der Waals surface area contributed by atoms with Gasteiger partial charge in [0.25, 0.3) is 0 Å². The number of hydrogen-bond acceptors (Lipinski definition) is 5. The summed E-state index contributed by atoms with van der Waals surface area (Å²) in [5.41, 5.74) is 2.06. The molecule has 3 aromatic rings. The van der Waals surface area contributed by atoms with Crippen molar-refractivity contribution >= 4 is 17.6 Å². The van der Waals surface area contributed by atoms with Gasteiger partial charge in [-0.2, -0.15) is 0 Å². The van der Waals surface area contributed by atoms with Crippen LogP contribution in [0.5, 0.6) is 0 Å². The first-order chi connectivity index (χ1) is 16.4. The zero-order valence-corrected chi connectivity index (χ0v) is 18.9. The molecule has 9 heteroatoms. The van der Waals surface area contributed by atoms with E-state index in [-0.39, 0.29) is 17.8 Å². The number of halogens is 2. The van der Waals surface area contributed by atoms with Crippen molar-refractivity contribution in [1.29, 1.82) is 0 Å². The number of hydrogen-bond donors (Lipinski definition) is 3. The van der Waals surface area contributed by atoms with Crippen LogP contribution in [0.2, 0.25) is 0 Å². The van der Waals surface area contributed by atoms with Crippen LogP contribution in [0.15, 0.2) is 60.9 Å². The summed E-state index contributed by atoms with van der Waals surface area (Å²) in [6, 6.07) is 12.1. The molecule has 0 bridgehead atoms. The Morgan fingerprint density at radius 1 is 0.941 bits per heavy atom. The van der Waals surface area contributed by atoms with Gasteiger partial charge in [0.2, 0.25) is 11.8 Å². The van der Waals surface area contributed by atoms with Gasteiger partial charge in [-0.25, -0.2) is 13.8 Å². The van der Waals surface area contributed by atoms with Crippen molar-refractivity contribution in [3.63, 3.8) is 0 Å². The molecule has 0 saturated heterocycles. The molecule has 0 aliphatic heterocycles. The summed E-state index contributed by atoms with van der Waals surface area (Å²) in [5, 5.41) is 8.56. The highest BCUT2D eigenvalue weighted by Crippen LogP contribution is 2.10. The monoisotopic (exact) mass is 467 g/mol. The van der Waals surface area contributed by atoms with Crippen molar-refractivity contribution in [3.05, 3.63) is 89.4 Å². The van der Waals surface area contributed by atoms with Gasteiger partial charge in [0, 0.05) is 19.2 Å². The number of rotatable bonds is 11. The van der Waals surface area contributed by atoms with Gasteiger partial charge in [-0.05, 0) is 29.7 Å². The van der Waals surface area contributed by atoms with E-state index in [1.165, 1.54) is 6.20 Å². The van der Waals surface area contributed by atoms with Gasteiger partial charge in [-0.1, -0.05) is 43.7 Å². The number of nitrogens with zero attached hydrogens (tertiary/aromatic N) is 2. The molecule has 0 spiro atoms. The van der Waals surface area contributed by atoms with E-state index in [0.29, 0.717) is 25.9 Å². The zero-order chi connectivity index (χ0) is 24.3. The predicted octanol–water partition coefficient (Wildman–Crippen LogP) is 3.51. The van der Waals surface area contributed by atoms with E-state index in [9.17, 15) is 18.4 Å². The van der Waals surface area contributed by atoms with Crippen LogP contribution in [0.25, 0.3) is 0 Å². The first-order valence-corrected chi connectivity index (χ1v) is 11.0. The fourth-order valence-electron chi connectivity index (χ4n) is 3.36. The molecule has 0 aliphatic carbocycles. The van der Waals surface area contributed by atoms with Crippen LogP contribution in [-0.4, -0.2) is 27.8 Å². The summed E-state index contributed by atoms with van der Waals surface area (Å²) < 4.78 is 26.7. The molecule has 1 unspecified atom stereocenters. The largest absolute Gasteiger partial charge is 0.344 e. The van der Waals surface area contributed by atoms with Crippen LogP contribution in [0.3, 0.4) is 0 Å². The molecule has 178 valence electrons. The zero-order valence-electron chi connectivity index (χ0n) is 18.9. The van der Waals surface area contributed by atoms with E-state index in [1.54, 1.807) is 6.20 Å². The Labute approximate surface area is 197 Å². The molecule has 0 fully saturated rings. The lowest BCUT2D eigenvalue weighted by molar-refractivity contribution is -0.126. The average molecular weight is 468 g/mol. The minimum absolute atomic E-state index is 0.188. The summed E-state index contributed by atoms with van der Waals surface area (Å²) in [4.78, 5) is 33.6. The van der Waals surface area contributed by atoms with E-state index in [4.69, 9.17) is 0 Å². The van der Waals surface area contributed by atoms with Crippen molar-refractivity contribution in [2.24, 2.45) is 0 Å². The SMILES string of the molecule is CCCC(NC(=O)Cc1cc(F)cc(F)c1)C(=O)Nc1cnc(CNCc2ccccc2)cn1. The number of amides is 2. The van der Waals surface area contributed by atoms with E-state index in [0.717, 1.165) is 29.5 Å². The quantitative estimate of drug-likeness (QED) is 0.401. The Kier molecular flexibility index (Phi) is 9.16. The average Bonchev–Trinajstić information content (AvgIpc) is 2.80. The van der Waals surface area contributed by atoms with Crippen molar-refractivity contribution in [2.75, 3.05) is 5.32 Å². The van der Waals surface area contributed by atoms with Crippen LogP contribution in [0, 0.1) is 11.6 Å². The maximum absolute atomic E-state index is 13.4. The normalized spacial score (nSPS) is 11.6. The summed E-state index contributed by atoms with van der Waals surface area (Å²) in [5.74, 6) is -2.21. The van der Waals surface area contributed by atoms with Gasteiger partial charge in [0.1, 0.15) is 17.7 Å². The second kappa shape index (κ2) is 12.5. The van der Waals surface area contributed by atoms with E-state index >= 15 is 0 Å². The van der Waals surface area contributed by atoms with Gasteiger partial charge < -0.3 is 16.0 Å². The molecule has 1 atom stereocenters. The molecule has 1 aromatic heterocycles. The second-order valence-electron chi connectivity index (χ2n) is 7.83. The highest BCUT2D eigenvalue weighted by Gasteiger charge is 2.21. The highest BCUT2D eigenvalue weighted by molar-refractivity contribution is 5.96. The summed E-state index contributed by atoms with van der Waals surface area (Å²) >= 11 is 0. The topological polar surface area (TPSA) is 96.0 Å². The Bertz CT molecular complexity index is 1070. The third-order valence-corrected chi connectivity index (χ3v) is 4.95. The highest BCUT2D eigenvalue weighted by atomic mass is 19.1. The standard InChI is InChI=1S/C25H27F2N5O2/c1-2-6-22(31-24(33)11-18-9-19(26)12-20(27)10-18)25(34)32-23-16-29-21(15-30-23)14-28-13-17-7-4-3-5-8-17/h3-5,7-10,12,15-16,22,28H,2,6,11,13-14H2,1H3,(H,31,33)(H,30,32,34). The Balaban J connectivity index is 1.51. The molecule has 3 rings (SSSR count). The minimum atomic E-state index is -0.815. The lowest BCUT2D eigenvalue weighted by Crippen LogP contribution is -2.44. The molecular weight excluding hydrogens is 440 g/mol. The fraction of sp³-hybridized carbons (Fsp3) is 0.280. The van der Waals surface area contributed by atoms with Crippen LogP contribution in [-0.2, 0) is 29.1 Å². The summed E-state index contributed by atoms with van der Waals surface area (Å²) in [6.45, 7) is 3.10. The molecule has 2 amide bonds. The van der Waals surface area contributed by atoms with E-state index in [2.05, 4.69) is 25.9 Å². The number of benzene rings is 2. The Morgan fingerprint density at radius 3 is 2.32 bits per heavy atom. The molecule has 3 N–H and O–H groups in total.